The molecule has 0 spiro atoms. The lowest BCUT2D eigenvalue weighted by Crippen LogP contribution is -2.33. The predicted molar refractivity (Wildman–Crippen MR) is 77.5 cm³/mol. The summed E-state index contributed by atoms with van der Waals surface area (Å²) in [7, 11) is 1.53. The number of hydrogen-bond donors (Lipinski definition) is 1. The van der Waals surface area contributed by atoms with Gasteiger partial charge in [-0.15, -0.1) is 0 Å². The molecule has 9 heteroatoms. The fourth-order valence-corrected chi connectivity index (χ4v) is 2.62. The van der Waals surface area contributed by atoms with E-state index in [1.807, 2.05) is 0 Å². The zero-order chi connectivity index (χ0) is 16.4. The number of aromatic nitrogens is 4. The van der Waals surface area contributed by atoms with Gasteiger partial charge in [-0.2, -0.15) is 5.10 Å². The first-order chi connectivity index (χ1) is 11.1. The van der Waals surface area contributed by atoms with Crippen molar-refractivity contribution in [3.8, 4) is 5.88 Å². The summed E-state index contributed by atoms with van der Waals surface area (Å²) < 4.78 is 12.4. The summed E-state index contributed by atoms with van der Waals surface area (Å²) >= 11 is 0. The molecule has 122 valence electrons. The molecule has 0 saturated carbocycles. The van der Waals surface area contributed by atoms with Crippen molar-refractivity contribution in [1.29, 1.82) is 0 Å². The van der Waals surface area contributed by atoms with E-state index >= 15 is 0 Å². The van der Waals surface area contributed by atoms with Crippen LogP contribution in [0.25, 0.3) is 0 Å². The largest absolute Gasteiger partial charge is 0.507 e. The highest BCUT2D eigenvalue weighted by Gasteiger charge is 2.28. The van der Waals surface area contributed by atoms with E-state index in [9.17, 15) is 9.59 Å². The van der Waals surface area contributed by atoms with Crippen LogP contribution in [0.15, 0.2) is 23.1 Å². The average Bonchev–Trinajstić information content (AvgIpc) is 2.85. The van der Waals surface area contributed by atoms with Crippen LogP contribution in [-0.2, 0) is 17.7 Å². The molecule has 0 saturated heterocycles. The van der Waals surface area contributed by atoms with E-state index in [1.165, 1.54) is 16.4 Å². The third-order valence-corrected chi connectivity index (χ3v) is 3.66. The molecule has 0 aliphatic carbocycles. The SMILES string of the molecule is COc1ccc(Cn2nc3n(c2=O)C(OC(=O)O)CCC3)cn1. The first-order valence-corrected chi connectivity index (χ1v) is 7.15. The lowest BCUT2D eigenvalue weighted by atomic mass is 10.1. The van der Waals surface area contributed by atoms with Crippen LogP contribution >= 0.6 is 0 Å². The van der Waals surface area contributed by atoms with Crippen molar-refractivity contribution in [2.75, 3.05) is 7.11 Å². The number of carbonyl (C=O) groups is 1. The number of ether oxygens (including phenoxy) is 2. The maximum atomic E-state index is 12.5. The first kappa shape index (κ1) is 15.1. The van der Waals surface area contributed by atoms with Crippen molar-refractivity contribution in [2.45, 2.75) is 32.0 Å². The van der Waals surface area contributed by atoms with Crippen LogP contribution < -0.4 is 10.4 Å². The summed E-state index contributed by atoms with van der Waals surface area (Å²) in [6.07, 6.45) is 1.19. The lowest BCUT2D eigenvalue weighted by Gasteiger charge is -2.21. The lowest BCUT2D eigenvalue weighted by molar-refractivity contribution is 0.00392. The number of aryl methyl sites for hydroxylation is 1. The second-order valence-electron chi connectivity index (χ2n) is 5.17. The van der Waals surface area contributed by atoms with Gasteiger partial charge in [-0.25, -0.2) is 23.8 Å². The van der Waals surface area contributed by atoms with Crippen LogP contribution in [0.1, 0.15) is 30.5 Å². The number of nitrogens with zero attached hydrogens (tertiary/aromatic N) is 4. The van der Waals surface area contributed by atoms with Crippen molar-refractivity contribution < 1.29 is 19.4 Å². The minimum atomic E-state index is -1.40. The summed E-state index contributed by atoms with van der Waals surface area (Å²) in [4.78, 5) is 27.3. The Balaban J connectivity index is 1.88. The highest BCUT2D eigenvalue weighted by Crippen LogP contribution is 2.23. The molecule has 3 heterocycles. The molecule has 0 amide bonds. The van der Waals surface area contributed by atoms with Gasteiger partial charge >= 0.3 is 11.8 Å². The van der Waals surface area contributed by atoms with Gasteiger partial charge in [-0.3, -0.25) is 0 Å². The molecule has 0 aromatic carbocycles. The van der Waals surface area contributed by atoms with Crippen molar-refractivity contribution in [2.24, 2.45) is 0 Å². The van der Waals surface area contributed by atoms with Gasteiger partial charge < -0.3 is 14.6 Å². The van der Waals surface area contributed by atoms with Gasteiger partial charge in [0.15, 0.2) is 6.23 Å². The molecule has 0 radical (unpaired) electrons. The van der Waals surface area contributed by atoms with Gasteiger partial charge in [-0.1, -0.05) is 6.07 Å². The number of fused-ring (bicyclic) bond motifs is 1. The summed E-state index contributed by atoms with van der Waals surface area (Å²) in [5, 5.41) is 13.1. The van der Waals surface area contributed by atoms with Gasteiger partial charge in [0.2, 0.25) is 5.88 Å². The predicted octanol–water partition coefficient (Wildman–Crippen LogP) is 1.03. The standard InChI is InChI=1S/C14H16N4O5/c1-22-11-6-5-9(7-15-11)8-17-13(19)18-10(16-17)3-2-4-12(18)23-14(20)21/h5-7,12H,2-4,8H2,1H3,(H,20,21). The van der Waals surface area contributed by atoms with E-state index in [1.54, 1.807) is 18.3 Å². The monoisotopic (exact) mass is 320 g/mol. The highest BCUT2D eigenvalue weighted by atomic mass is 16.7. The Labute approximate surface area is 131 Å². The molecule has 1 aliphatic rings. The Bertz CT molecular complexity index is 764. The van der Waals surface area contributed by atoms with E-state index in [-0.39, 0.29) is 12.2 Å². The average molecular weight is 320 g/mol. The summed E-state index contributed by atoms with van der Waals surface area (Å²) in [5.41, 5.74) is 0.404. The van der Waals surface area contributed by atoms with Crippen LogP contribution in [0.3, 0.4) is 0 Å². The van der Waals surface area contributed by atoms with E-state index < -0.39 is 12.4 Å². The summed E-state index contributed by atoms with van der Waals surface area (Å²) in [6, 6.07) is 3.49. The van der Waals surface area contributed by atoms with Crippen LogP contribution in [0, 0.1) is 0 Å². The van der Waals surface area contributed by atoms with E-state index in [0.717, 1.165) is 12.0 Å². The number of methoxy groups -OCH3 is 1. The normalized spacial score (nSPS) is 16.7. The Kier molecular flexibility index (Phi) is 4.00. The third kappa shape index (κ3) is 3.03. The first-order valence-electron chi connectivity index (χ1n) is 7.15. The van der Waals surface area contributed by atoms with Crippen molar-refractivity contribution >= 4 is 6.16 Å². The molecule has 9 nitrogen and oxygen atoms in total. The number of hydrogen-bond acceptors (Lipinski definition) is 6. The Morgan fingerprint density at radius 1 is 1.48 bits per heavy atom. The fourth-order valence-electron chi connectivity index (χ4n) is 2.62. The van der Waals surface area contributed by atoms with Crippen molar-refractivity contribution in [3.05, 3.63) is 40.2 Å². The zero-order valence-electron chi connectivity index (χ0n) is 12.5. The molecule has 2 aromatic rings. The molecule has 1 atom stereocenters. The highest BCUT2D eigenvalue weighted by molar-refractivity contribution is 5.56. The molecule has 23 heavy (non-hydrogen) atoms. The number of rotatable bonds is 4. The second kappa shape index (κ2) is 6.11. The molecule has 2 aromatic heterocycles. The topological polar surface area (TPSA) is 108 Å². The van der Waals surface area contributed by atoms with Gasteiger partial charge in [-0.05, 0) is 12.0 Å². The fraction of sp³-hybridized carbons (Fsp3) is 0.429. The van der Waals surface area contributed by atoms with Crippen LogP contribution in [0.4, 0.5) is 4.79 Å². The van der Waals surface area contributed by atoms with E-state index in [2.05, 4.69) is 10.1 Å². The summed E-state index contributed by atoms with van der Waals surface area (Å²) in [5.74, 6) is 1.02. The Morgan fingerprint density at radius 2 is 2.30 bits per heavy atom. The van der Waals surface area contributed by atoms with Crippen LogP contribution in [0.2, 0.25) is 0 Å². The summed E-state index contributed by atoms with van der Waals surface area (Å²) in [6.45, 7) is 0.246. The molecule has 1 unspecified atom stereocenters. The van der Waals surface area contributed by atoms with Gasteiger partial charge in [0.05, 0.1) is 13.7 Å². The third-order valence-electron chi connectivity index (χ3n) is 3.66. The molecule has 3 rings (SSSR count). The Hall–Kier alpha value is -2.84. The maximum Gasteiger partial charge on any atom is 0.507 e. The zero-order valence-corrected chi connectivity index (χ0v) is 12.5. The van der Waals surface area contributed by atoms with Crippen molar-refractivity contribution in [3.63, 3.8) is 0 Å². The van der Waals surface area contributed by atoms with Crippen molar-refractivity contribution in [1.82, 2.24) is 19.3 Å². The molecular weight excluding hydrogens is 304 g/mol. The minimum absolute atomic E-state index is 0.246. The molecular formula is C14H16N4O5. The molecule has 0 bridgehead atoms. The van der Waals surface area contributed by atoms with Gasteiger partial charge in [0.25, 0.3) is 0 Å². The van der Waals surface area contributed by atoms with Crippen LogP contribution in [0.5, 0.6) is 5.88 Å². The van der Waals surface area contributed by atoms with E-state index in [0.29, 0.717) is 24.5 Å². The van der Waals surface area contributed by atoms with Gasteiger partial charge in [0.1, 0.15) is 5.82 Å². The second-order valence-corrected chi connectivity index (χ2v) is 5.17. The molecule has 1 N–H and O–H groups in total. The minimum Gasteiger partial charge on any atom is -0.481 e. The molecule has 0 fully saturated rings. The number of carboxylic acid groups (broad SMARTS) is 1. The van der Waals surface area contributed by atoms with Crippen LogP contribution in [-0.4, -0.2) is 37.7 Å². The quantitative estimate of drug-likeness (QED) is 0.838. The Morgan fingerprint density at radius 3 is 2.96 bits per heavy atom. The smallest absolute Gasteiger partial charge is 0.481 e. The van der Waals surface area contributed by atoms with Gasteiger partial charge in [0, 0.05) is 25.1 Å². The van der Waals surface area contributed by atoms with E-state index in [4.69, 9.17) is 14.6 Å². The maximum absolute atomic E-state index is 12.5. The molecule has 1 aliphatic heterocycles. The number of pyridine rings is 1.